The normalized spacial score (nSPS) is 11.8. The zero-order valence-corrected chi connectivity index (χ0v) is 12.7. The molecule has 0 aliphatic carbocycles. The minimum absolute atomic E-state index is 0.0461. The van der Waals surface area contributed by atoms with E-state index >= 15 is 0 Å². The fraction of sp³-hybridized carbons (Fsp3) is 0.462. The zero-order chi connectivity index (χ0) is 13.7. The van der Waals surface area contributed by atoms with Crippen molar-refractivity contribution in [3.63, 3.8) is 0 Å². The number of benzene rings is 1. The van der Waals surface area contributed by atoms with Crippen LogP contribution < -0.4 is 9.47 Å². The lowest BCUT2D eigenvalue weighted by Gasteiger charge is -2.19. The van der Waals surface area contributed by atoms with Crippen molar-refractivity contribution in [1.82, 2.24) is 4.90 Å². The van der Waals surface area contributed by atoms with Gasteiger partial charge in [0.25, 0.3) is 0 Å². The summed E-state index contributed by atoms with van der Waals surface area (Å²) in [4.78, 5) is 13.2. The molecular weight excluding hydrogens is 298 g/mol. The number of carbonyl (C=O) groups excluding carboxylic acids is 1. The first-order valence-corrected chi connectivity index (χ1v) is 6.51. The second-order valence-electron chi connectivity index (χ2n) is 4.00. The maximum absolute atomic E-state index is 11.7. The molecule has 0 aromatic heterocycles. The van der Waals surface area contributed by atoms with Crippen molar-refractivity contribution in [2.24, 2.45) is 0 Å². The molecule has 1 atom stereocenters. The van der Waals surface area contributed by atoms with Crippen molar-refractivity contribution in [2.75, 3.05) is 21.3 Å². The van der Waals surface area contributed by atoms with Gasteiger partial charge in [-0.15, -0.1) is 0 Å². The molecule has 0 aliphatic rings. The molecule has 0 N–H and O–H groups in total. The van der Waals surface area contributed by atoms with Crippen LogP contribution in [-0.2, 0) is 11.3 Å². The van der Waals surface area contributed by atoms with Crippen LogP contribution in [-0.4, -0.2) is 36.9 Å². The van der Waals surface area contributed by atoms with Crippen molar-refractivity contribution in [1.29, 1.82) is 0 Å². The van der Waals surface area contributed by atoms with E-state index in [4.69, 9.17) is 9.47 Å². The summed E-state index contributed by atoms with van der Waals surface area (Å²) in [6, 6.07) is 5.63. The highest BCUT2D eigenvalue weighted by molar-refractivity contribution is 9.10. The molecule has 18 heavy (non-hydrogen) atoms. The van der Waals surface area contributed by atoms with Crippen LogP contribution in [0.4, 0.5) is 0 Å². The first-order valence-electron chi connectivity index (χ1n) is 5.59. The molecular formula is C13H18BrNO3. The predicted octanol–water partition coefficient (Wildman–Crippen LogP) is 2.45. The van der Waals surface area contributed by atoms with Gasteiger partial charge in [-0.25, -0.2) is 0 Å². The van der Waals surface area contributed by atoms with Crippen molar-refractivity contribution in [2.45, 2.75) is 18.3 Å². The Kier molecular flexibility index (Phi) is 5.47. The molecule has 4 nitrogen and oxygen atoms in total. The van der Waals surface area contributed by atoms with Crippen molar-refractivity contribution < 1.29 is 14.3 Å². The SMILES string of the molecule is COc1ccc(CN(C)C(=O)C(C)Br)cc1OC. The lowest BCUT2D eigenvalue weighted by atomic mass is 10.2. The van der Waals surface area contributed by atoms with E-state index in [0.717, 1.165) is 5.56 Å². The van der Waals surface area contributed by atoms with Gasteiger partial charge in [0.2, 0.25) is 5.91 Å². The topological polar surface area (TPSA) is 38.8 Å². The van der Waals surface area contributed by atoms with Gasteiger partial charge in [-0.1, -0.05) is 22.0 Å². The molecule has 1 aromatic rings. The number of nitrogens with zero attached hydrogens (tertiary/aromatic N) is 1. The van der Waals surface area contributed by atoms with Gasteiger partial charge in [0.05, 0.1) is 19.0 Å². The third-order valence-corrected chi connectivity index (χ3v) is 2.98. The molecule has 1 aromatic carbocycles. The highest BCUT2D eigenvalue weighted by Gasteiger charge is 2.15. The molecule has 1 rings (SSSR count). The molecule has 0 heterocycles. The predicted molar refractivity (Wildman–Crippen MR) is 74.4 cm³/mol. The van der Waals surface area contributed by atoms with E-state index < -0.39 is 0 Å². The van der Waals surface area contributed by atoms with Gasteiger partial charge in [-0.3, -0.25) is 4.79 Å². The summed E-state index contributed by atoms with van der Waals surface area (Å²) >= 11 is 3.27. The quantitative estimate of drug-likeness (QED) is 0.783. The number of alkyl halides is 1. The highest BCUT2D eigenvalue weighted by atomic mass is 79.9. The number of ether oxygens (including phenoxy) is 2. The van der Waals surface area contributed by atoms with Crippen molar-refractivity contribution in [3.05, 3.63) is 23.8 Å². The Hall–Kier alpha value is -1.23. The molecule has 0 bridgehead atoms. The van der Waals surface area contributed by atoms with E-state index in [1.807, 2.05) is 25.1 Å². The Balaban J connectivity index is 2.82. The Labute approximate surface area is 116 Å². The number of hydrogen-bond acceptors (Lipinski definition) is 3. The molecule has 0 aliphatic heterocycles. The molecule has 1 amide bonds. The van der Waals surface area contributed by atoms with Gasteiger partial charge in [0, 0.05) is 13.6 Å². The maximum atomic E-state index is 11.7. The Bertz CT molecular complexity index is 421. The summed E-state index contributed by atoms with van der Waals surface area (Å²) in [6.07, 6.45) is 0. The van der Waals surface area contributed by atoms with Gasteiger partial charge >= 0.3 is 0 Å². The van der Waals surface area contributed by atoms with Gasteiger partial charge in [-0.05, 0) is 24.6 Å². The van der Waals surface area contributed by atoms with Crippen LogP contribution in [0, 0.1) is 0 Å². The Morgan fingerprint density at radius 1 is 1.33 bits per heavy atom. The molecule has 5 heteroatoms. The average Bonchev–Trinajstić information content (AvgIpc) is 2.37. The van der Waals surface area contributed by atoms with Crippen molar-refractivity contribution >= 4 is 21.8 Å². The van der Waals surface area contributed by atoms with Crippen LogP contribution in [0.25, 0.3) is 0 Å². The number of methoxy groups -OCH3 is 2. The number of halogens is 1. The second kappa shape index (κ2) is 6.64. The molecule has 0 fully saturated rings. The molecule has 0 radical (unpaired) electrons. The average molecular weight is 316 g/mol. The third kappa shape index (κ3) is 3.63. The lowest BCUT2D eigenvalue weighted by molar-refractivity contribution is -0.129. The molecule has 0 saturated heterocycles. The smallest absolute Gasteiger partial charge is 0.236 e. The minimum atomic E-state index is -0.178. The van der Waals surface area contributed by atoms with E-state index in [2.05, 4.69) is 15.9 Å². The van der Waals surface area contributed by atoms with Gasteiger partial charge in [-0.2, -0.15) is 0 Å². The van der Waals surface area contributed by atoms with Crippen molar-refractivity contribution in [3.8, 4) is 11.5 Å². The first-order chi connectivity index (χ1) is 8.49. The summed E-state index contributed by atoms with van der Waals surface area (Å²) in [5, 5.41) is 0. The van der Waals surface area contributed by atoms with Crippen LogP contribution >= 0.6 is 15.9 Å². The summed E-state index contributed by atoms with van der Waals surface area (Å²) in [6.45, 7) is 2.35. The van der Waals surface area contributed by atoms with E-state index in [1.165, 1.54) is 0 Å². The molecule has 100 valence electrons. The fourth-order valence-corrected chi connectivity index (χ4v) is 1.98. The molecule has 0 saturated carbocycles. The van der Waals surface area contributed by atoms with Crippen LogP contribution in [0.5, 0.6) is 11.5 Å². The first kappa shape index (κ1) is 14.8. The maximum Gasteiger partial charge on any atom is 0.236 e. The second-order valence-corrected chi connectivity index (χ2v) is 5.37. The third-order valence-electron chi connectivity index (χ3n) is 2.58. The van der Waals surface area contributed by atoms with Crippen LogP contribution in [0.2, 0.25) is 0 Å². The minimum Gasteiger partial charge on any atom is -0.493 e. The molecule has 0 spiro atoms. The van der Waals surface area contributed by atoms with Crippen LogP contribution in [0.1, 0.15) is 12.5 Å². The van der Waals surface area contributed by atoms with Crippen LogP contribution in [0.3, 0.4) is 0 Å². The van der Waals surface area contributed by atoms with E-state index in [-0.39, 0.29) is 10.7 Å². The largest absolute Gasteiger partial charge is 0.493 e. The standard InChI is InChI=1S/C13H18BrNO3/c1-9(14)13(16)15(2)8-10-5-6-11(17-3)12(7-10)18-4/h5-7,9H,8H2,1-4H3. The highest BCUT2D eigenvalue weighted by Crippen LogP contribution is 2.28. The summed E-state index contributed by atoms with van der Waals surface area (Å²) in [5.74, 6) is 1.40. The Morgan fingerprint density at radius 3 is 2.44 bits per heavy atom. The van der Waals surface area contributed by atoms with Crippen LogP contribution in [0.15, 0.2) is 18.2 Å². The van der Waals surface area contributed by atoms with E-state index in [0.29, 0.717) is 18.0 Å². The van der Waals surface area contributed by atoms with E-state index in [1.54, 1.807) is 26.2 Å². The lowest BCUT2D eigenvalue weighted by Crippen LogP contribution is -2.31. The fourth-order valence-electron chi connectivity index (χ4n) is 1.63. The summed E-state index contributed by atoms with van der Waals surface area (Å²) in [5.41, 5.74) is 0.997. The summed E-state index contributed by atoms with van der Waals surface area (Å²) < 4.78 is 10.4. The van der Waals surface area contributed by atoms with Gasteiger partial charge < -0.3 is 14.4 Å². The number of amides is 1. The number of hydrogen-bond donors (Lipinski definition) is 0. The summed E-state index contributed by atoms with van der Waals surface area (Å²) in [7, 11) is 4.97. The molecule has 1 unspecified atom stereocenters. The van der Waals surface area contributed by atoms with Gasteiger partial charge in [0.15, 0.2) is 11.5 Å². The number of rotatable bonds is 5. The van der Waals surface area contributed by atoms with E-state index in [9.17, 15) is 4.79 Å². The zero-order valence-electron chi connectivity index (χ0n) is 11.1. The monoisotopic (exact) mass is 315 g/mol. The Morgan fingerprint density at radius 2 is 1.94 bits per heavy atom. The number of carbonyl (C=O) groups is 1. The van der Waals surface area contributed by atoms with Gasteiger partial charge in [0.1, 0.15) is 0 Å².